The molecule has 1 saturated carbocycles. The van der Waals surface area contributed by atoms with Gasteiger partial charge < -0.3 is 4.74 Å². The highest BCUT2D eigenvalue weighted by molar-refractivity contribution is 5.84. The van der Waals surface area contributed by atoms with Crippen molar-refractivity contribution >= 4 is 12.2 Å². The van der Waals surface area contributed by atoms with Gasteiger partial charge in [-0.15, -0.1) is 0 Å². The van der Waals surface area contributed by atoms with Gasteiger partial charge in [-0.2, -0.15) is 0 Å². The van der Waals surface area contributed by atoms with Gasteiger partial charge in [-0.25, -0.2) is 0 Å². The Morgan fingerprint density at radius 1 is 1.00 bits per heavy atom. The second-order valence-electron chi connectivity index (χ2n) is 5.68. The van der Waals surface area contributed by atoms with Gasteiger partial charge in [0, 0.05) is 5.71 Å². The summed E-state index contributed by atoms with van der Waals surface area (Å²) in [6, 6.07) is 0. The van der Waals surface area contributed by atoms with Crippen molar-refractivity contribution < 1.29 is 9.53 Å². The van der Waals surface area contributed by atoms with Crippen LogP contribution in [-0.4, -0.2) is 18.9 Å². The van der Waals surface area contributed by atoms with Crippen molar-refractivity contribution in [3.63, 3.8) is 0 Å². The van der Waals surface area contributed by atoms with Gasteiger partial charge >= 0.3 is 0 Å². The second-order valence-corrected chi connectivity index (χ2v) is 5.68. The Kier molecular flexibility index (Phi) is 21.9. The van der Waals surface area contributed by atoms with E-state index in [2.05, 4.69) is 37.4 Å². The van der Waals surface area contributed by atoms with E-state index >= 15 is 0 Å². The highest BCUT2D eigenvalue weighted by Gasteiger charge is 2.05. The number of nitrogens with zero attached hydrogens (tertiary/aromatic N) is 1. The lowest BCUT2D eigenvalue weighted by atomic mass is 9.99. The summed E-state index contributed by atoms with van der Waals surface area (Å²) in [5, 5.41) is 0. The zero-order valence-corrected chi connectivity index (χ0v) is 15.1. The fourth-order valence-electron chi connectivity index (χ4n) is 1.28. The average Bonchev–Trinajstić information content (AvgIpc) is 2.43. The van der Waals surface area contributed by atoms with E-state index in [-0.39, 0.29) is 6.73 Å². The fraction of sp³-hybridized carbons (Fsp3) is 0.882. The van der Waals surface area contributed by atoms with Crippen LogP contribution in [0.2, 0.25) is 0 Å². The first-order chi connectivity index (χ1) is 9.43. The molecule has 1 rings (SSSR count). The lowest BCUT2D eigenvalue weighted by Crippen LogP contribution is -2.06. The second kappa shape index (κ2) is 18.1. The van der Waals surface area contributed by atoms with Crippen LogP contribution in [0.5, 0.6) is 0 Å². The number of hydrogen-bond acceptors (Lipinski definition) is 3. The Morgan fingerprint density at radius 3 is 1.75 bits per heavy atom. The van der Waals surface area contributed by atoms with Gasteiger partial charge in [-0.3, -0.25) is 9.79 Å². The normalized spacial score (nSPS) is 13.3. The molecule has 0 heterocycles. The number of hydrogen-bond donors (Lipinski definition) is 0. The van der Waals surface area contributed by atoms with Gasteiger partial charge in [0.2, 0.25) is 0 Å². The van der Waals surface area contributed by atoms with Crippen molar-refractivity contribution in [1.82, 2.24) is 0 Å². The topological polar surface area (TPSA) is 38.7 Å². The quantitative estimate of drug-likeness (QED) is 0.498. The third-order valence-corrected chi connectivity index (χ3v) is 1.86. The van der Waals surface area contributed by atoms with Gasteiger partial charge in [-0.05, 0) is 31.1 Å². The summed E-state index contributed by atoms with van der Waals surface area (Å²) in [4.78, 5) is 13.9. The summed E-state index contributed by atoms with van der Waals surface area (Å²) >= 11 is 0. The molecule has 0 N–H and O–H groups in total. The van der Waals surface area contributed by atoms with Crippen LogP contribution in [-0.2, 0) is 9.53 Å². The fourth-order valence-corrected chi connectivity index (χ4v) is 1.28. The predicted octanol–water partition coefficient (Wildman–Crippen LogP) is 5.63. The average molecular weight is 287 g/mol. The molecule has 0 radical (unpaired) electrons. The maximum Gasteiger partial charge on any atom is 0.294 e. The number of carbonyl (C=O) groups excluding carboxylic acids is 1. The van der Waals surface area contributed by atoms with E-state index in [0.717, 1.165) is 12.8 Å². The zero-order valence-electron chi connectivity index (χ0n) is 15.1. The van der Waals surface area contributed by atoms with Crippen LogP contribution >= 0.6 is 0 Å². The molecule has 0 atom stereocenters. The summed E-state index contributed by atoms with van der Waals surface area (Å²) in [5.74, 6) is 0. The lowest BCUT2D eigenvalue weighted by Gasteiger charge is -2.11. The number of ether oxygens (including phenoxy) is 1. The van der Waals surface area contributed by atoms with Gasteiger partial charge in [0.15, 0.2) is 6.73 Å². The van der Waals surface area contributed by atoms with E-state index in [1.165, 1.54) is 25.0 Å². The van der Waals surface area contributed by atoms with E-state index in [0.29, 0.717) is 11.9 Å². The van der Waals surface area contributed by atoms with Crippen molar-refractivity contribution in [1.29, 1.82) is 0 Å². The van der Waals surface area contributed by atoms with Crippen LogP contribution in [0.4, 0.5) is 0 Å². The van der Waals surface area contributed by atoms with Gasteiger partial charge in [0.1, 0.15) is 0 Å². The van der Waals surface area contributed by atoms with Gasteiger partial charge in [-0.1, -0.05) is 61.8 Å². The van der Waals surface area contributed by atoms with E-state index in [1.54, 1.807) is 0 Å². The third-order valence-electron chi connectivity index (χ3n) is 1.86. The Morgan fingerprint density at radius 2 is 1.40 bits per heavy atom. The summed E-state index contributed by atoms with van der Waals surface area (Å²) in [5.41, 5.74) is 1.71. The Balaban J connectivity index is -0.000000272. The monoisotopic (exact) mass is 287 g/mol. The minimum Gasteiger partial charge on any atom is -0.445 e. The first kappa shape index (κ1) is 24.2. The molecule has 0 aromatic heterocycles. The Hall–Kier alpha value is -0.860. The first-order valence-corrected chi connectivity index (χ1v) is 8.01. The highest BCUT2D eigenvalue weighted by Crippen LogP contribution is 2.14. The molecule has 3 heteroatoms. The SMILES string of the molecule is CC.CC.CC(C)(C)C.O=COCN=C1CCCCC1. The van der Waals surface area contributed by atoms with Crippen LogP contribution in [0.3, 0.4) is 0 Å². The standard InChI is InChI=1S/C8H13NO2.C5H12.2C2H6/c10-7-11-6-9-8-4-2-1-3-5-8;1-5(2,3)4;2*1-2/h7H,1-6H2;1-4H3;2*1-2H3. The van der Waals surface area contributed by atoms with Crippen molar-refractivity contribution in [2.45, 2.75) is 87.5 Å². The lowest BCUT2D eigenvalue weighted by molar-refractivity contribution is -0.128. The van der Waals surface area contributed by atoms with Crippen LogP contribution in [0.25, 0.3) is 0 Å². The van der Waals surface area contributed by atoms with Crippen LogP contribution in [0.15, 0.2) is 4.99 Å². The van der Waals surface area contributed by atoms with E-state index < -0.39 is 0 Å². The smallest absolute Gasteiger partial charge is 0.294 e. The van der Waals surface area contributed by atoms with Crippen molar-refractivity contribution in [3.05, 3.63) is 0 Å². The third kappa shape index (κ3) is 30.3. The van der Waals surface area contributed by atoms with E-state index in [4.69, 9.17) is 0 Å². The summed E-state index contributed by atoms with van der Waals surface area (Å²) in [6.45, 7) is 17.4. The molecule has 0 aromatic rings. The summed E-state index contributed by atoms with van der Waals surface area (Å²) < 4.78 is 4.47. The largest absolute Gasteiger partial charge is 0.445 e. The molecule has 1 aliphatic rings. The molecule has 0 bridgehead atoms. The predicted molar refractivity (Wildman–Crippen MR) is 90.4 cm³/mol. The van der Waals surface area contributed by atoms with Gasteiger partial charge in [0.25, 0.3) is 6.47 Å². The Bertz CT molecular complexity index is 204. The molecular weight excluding hydrogens is 250 g/mol. The minimum absolute atomic E-state index is 0.207. The maximum absolute atomic E-state index is 9.76. The molecular formula is C17H37NO2. The summed E-state index contributed by atoms with van der Waals surface area (Å²) in [7, 11) is 0. The molecule has 1 fully saturated rings. The molecule has 0 saturated heterocycles. The number of aliphatic imine (C=N–C) groups is 1. The molecule has 0 spiro atoms. The Labute approximate surface area is 127 Å². The van der Waals surface area contributed by atoms with E-state index in [9.17, 15) is 4.79 Å². The van der Waals surface area contributed by atoms with Crippen molar-refractivity contribution in [2.75, 3.05) is 6.73 Å². The molecule has 0 unspecified atom stereocenters. The molecule has 20 heavy (non-hydrogen) atoms. The van der Waals surface area contributed by atoms with Crippen LogP contribution in [0, 0.1) is 5.41 Å². The van der Waals surface area contributed by atoms with Crippen LogP contribution in [0.1, 0.15) is 87.5 Å². The highest BCUT2D eigenvalue weighted by atomic mass is 16.5. The van der Waals surface area contributed by atoms with Crippen molar-refractivity contribution in [3.8, 4) is 0 Å². The van der Waals surface area contributed by atoms with Gasteiger partial charge in [0.05, 0.1) is 0 Å². The van der Waals surface area contributed by atoms with Crippen LogP contribution < -0.4 is 0 Å². The van der Waals surface area contributed by atoms with E-state index in [1.807, 2.05) is 27.7 Å². The molecule has 0 aromatic carbocycles. The van der Waals surface area contributed by atoms with Crippen molar-refractivity contribution in [2.24, 2.45) is 10.4 Å². The molecule has 122 valence electrons. The molecule has 0 amide bonds. The zero-order chi connectivity index (χ0) is 16.4. The molecule has 0 aliphatic heterocycles. The summed E-state index contributed by atoms with van der Waals surface area (Å²) in [6.07, 6.45) is 5.96. The first-order valence-electron chi connectivity index (χ1n) is 8.01. The molecule has 3 nitrogen and oxygen atoms in total. The minimum atomic E-state index is 0.207. The maximum atomic E-state index is 9.76. The number of rotatable bonds is 3. The number of carbonyl (C=O) groups is 1. The molecule has 1 aliphatic carbocycles.